The van der Waals surface area contributed by atoms with Crippen LogP contribution in [0.2, 0.25) is 0 Å². The highest BCUT2D eigenvalue weighted by molar-refractivity contribution is 6.07. The van der Waals surface area contributed by atoms with Gasteiger partial charge < -0.3 is 14.7 Å². The molecule has 1 fully saturated rings. The maximum absolute atomic E-state index is 14.8. The zero-order chi connectivity index (χ0) is 19.7. The predicted octanol–water partition coefficient (Wildman–Crippen LogP) is 4.70. The summed E-state index contributed by atoms with van der Waals surface area (Å²) in [6, 6.07) is 3.55. The molecule has 1 saturated heterocycles. The third-order valence-corrected chi connectivity index (χ3v) is 5.10. The summed E-state index contributed by atoms with van der Waals surface area (Å²) in [5.74, 6) is 1.08. The van der Waals surface area contributed by atoms with Gasteiger partial charge in [-0.3, -0.25) is 0 Å². The molecule has 0 saturated carbocycles. The van der Waals surface area contributed by atoms with Crippen molar-refractivity contribution in [3.63, 3.8) is 0 Å². The van der Waals surface area contributed by atoms with Crippen molar-refractivity contribution >= 4 is 17.2 Å². The van der Waals surface area contributed by atoms with Crippen LogP contribution in [0.25, 0.3) is 0 Å². The Hall–Kier alpha value is -2.14. The quantitative estimate of drug-likeness (QED) is 0.770. The minimum absolute atomic E-state index is 0.274. The first-order chi connectivity index (χ1) is 12.8. The second-order valence-electron chi connectivity index (χ2n) is 8.23. The van der Waals surface area contributed by atoms with E-state index in [9.17, 15) is 4.39 Å². The number of hydrogen-bond donors (Lipinski definition) is 0. The van der Waals surface area contributed by atoms with Gasteiger partial charge in [-0.15, -0.1) is 0 Å². The molecular weight excluding hydrogens is 339 g/mol. The largest absolute Gasteiger partial charge is 0.352 e. The fourth-order valence-electron chi connectivity index (χ4n) is 3.77. The highest BCUT2D eigenvalue weighted by Gasteiger charge is 2.29. The molecule has 2 aliphatic heterocycles. The Balaban J connectivity index is 2.04. The topological polar surface area (TPSA) is 22.1 Å². The Morgan fingerprint density at radius 1 is 1.26 bits per heavy atom. The molecule has 3 rings (SSSR count). The summed E-state index contributed by atoms with van der Waals surface area (Å²) in [6.07, 6.45) is 3.10. The number of rotatable bonds is 3. The number of allylic oxidation sites excluding steroid dienone is 1. The lowest BCUT2D eigenvalue weighted by Crippen LogP contribution is -2.49. The summed E-state index contributed by atoms with van der Waals surface area (Å²) in [4.78, 5) is 11.3. The summed E-state index contributed by atoms with van der Waals surface area (Å²) in [6.45, 7) is 16.5. The Morgan fingerprint density at radius 2 is 1.93 bits per heavy atom. The van der Waals surface area contributed by atoms with Crippen molar-refractivity contribution in [1.29, 1.82) is 0 Å². The first-order valence-corrected chi connectivity index (χ1v) is 9.74. The molecule has 0 atom stereocenters. The van der Waals surface area contributed by atoms with Crippen LogP contribution >= 0.6 is 0 Å². The molecular formula is C22H31FN4. The number of benzene rings is 1. The summed E-state index contributed by atoms with van der Waals surface area (Å²) in [7, 11) is 2.12. The van der Waals surface area contributed by atoms with Gasteiger partial charge in [-0.2, -0.15) is 0 Å². The lowest BCUT2D eigenvalue weighted by Gasteiger charge is -2.39. The summed E-state index contributed by atoms with van der Waals surface area (Å²) < 4.78 is 14.8. The first-order valence-electron chi connectivity index (χ1n) is 9.74. The molecule has 1 aromatic carbocycles. The van der Waals surface area contributed by atoms with Gasteiger partial charge in [0.1, 0.15) is 5.69 Å². The van der Waals surface area contributed by atoms with Crippen molar-refractivity contribution in [2.75, 3.05) is 38.1 Å². The van der Waals surface area contributed by atoms with Gasteiger partial charge >= 0.3 is 0 Å². The molecule has 0 aromatic heterocycles. The molecule has 0 unspecified atom stereocenters. The van der Waals surface area contributed by atoms with Crippen molar-refractivity contribution in [2.24, 2.45) is 10.9 Å². The molecule has 0 aliphatic carbocycles. The lowest BCUT2D eigenvalue weighted by molar-refractivity contribution is 0.215. The molecule has 0 bridgehead atoms. The number of piperazine rings is 1. The van der Waals surface area contributed by atoms with Crippen LogP contribution in [0.1, 0.15) is 32.8 Å². The number of anilines is 1. The number of fused-ring (bicyclic) bond motifs is 1. The van der Waals surface area contributed by atoms with E-state index in [1.165, 1.54) is 5.57 Å². The monoisotopic (exact) mass is 370 g/mol. The molecule has 0 amide bonds. The van der Waals surface area contributed by atoms with Crippen LogP contribution in [0.4, 0.5) is 15.8 Å². The van der Waals surface area contributed by atoms with Crippen molar-refractivity contribution in [1.82, 2.24) is 9.80 Å². The molecule has 0 N–H and O–H groups in total. The number of aryl methyl sites for hydroxylation is 1. The van der Waals surface area contributed by atoms with Gasteiger partial charge in [0.2, 0.25) is 0 Å². The van der Waals surface area contributed by atoms with Gasteiger partial charge in [0.25, 0.3) is 0 Å². The maximum Gasteiger partial charge on any atom is 0.153 e. The number of likely N-dealkylation sites (N-methyl/N-ethyl adjacent to an activating group) is 1. The molecule has 27 heavy (non-hydrogen) atoms. The van der Waals surface area contributed by atoms with Crippen LogP contribution in [-0.4, -0.2) is 48.9 Å². The van der Waals surface area contributed by atoms with E-state index >= 15 is 0 Å². The van der Waals surface area contributed by atoms with E-state index in [2.05, 4.69) is 50.4 Å². The van der Waals surface area contributed by atoms with Gasteiger partial charge in [0, 0.05) is 32.4 Å². The number of amidine groups is 1. The van der Waals surface area contributed by atoms with Crippen LogP contribution in [0, 0.1) is 18.7 Å². The molecule has 0 radical (unpaired) electrons. The predicted molar refractivity (Wildman–Crippen MR) is 112 cm³/mol. The van der Waals surface area contributed by atoms with Crippen LogP contribution < -0.4 is 4.90 Å². The summed E-state index contributed by atoms with van der Waals surface area (Å²) in [5, 5.41) is 0. The van der Waals surface area contributed by atoms with Gasteiger partial charge in [-0.05, 0) is 50.9 Å². The summed E-state index contributed by atoms with van der Waals surface area (Å²) >= 11 is 0. The Bertz CT molecular complexity index is 786. The van der Waals surface area contributed by atoms with Gasteiger partial charge in [-0.25, -0.2) is 9.38 Å². The van der Waals surface area contributed by atoms with E-state index < -0.39 is 0 Å². The molecule has 4 nitrogen and oxygen atoms in total. The van der Waals surface area contributed by atoms with Crippen LogP contribution in [0.15, 0.2) is 41.2 Å². The second-order valence-corrected chi connectivity index (χ2v) is 8.23. The van der Waals surface area contributed by atoms with Crippen molar-refractivity contribution in [2.45, 2.75) is 34.1 Å². The highest BCUT2D eigenvalue weighted by Crippen LogP contribution is 2.40. The molecule has 146 valence electrons. The van der Waals surface area contributed by atoms with Crippen molar-refractivity contribution in [3.8, 4) is 0 Å². The van der Waals surface area contributed by atoms with Gasteiger partial charge in [-0.1, -0.05) is 26.0 Å². The number of nitrogens with zero attached hydrogens (tertiary/aromatic N) is 4. The molecule has 2 heterocycles. The van der Waals surface area contributed by atoms with Gasteiger partial charge in [0.05, 0.1) is 11.4 Å². The minimum atomic E-state index is -0.274. The Morgan fingerprint density at radius 3 is 2.56 bits per heavy atom. The zero-order valence-electron chi connectivity index (χ0n) is 17.2. The van der Waals surface area contributed by atoms with E-state index in [1.807, 2.05) is 17.9 Å². The lowest BCUT2D eigenvalue weighted by atomic mass is 10.0. The maximum atomic E-state index is 14.8. The SMILES string of the molecule is C=C1C(N2CCN(C)CC2)=Nc2c(F)cc(C)cc2N1/C=C(/C)CC(C)C. The van der Waals surface area contributed by atoms with E-state index in [-0.39, 0.29) is 5.82 Å². The number of halogens is 1. The Kier molecular flexibility index (Phi) is 5.70. The Labute approximate surface area is 162 Å². The first kappa shape index (κ1) is 19.6. The average molecular weight is 371 g/mol. The fourth-order valence-corrected chi connectivity index (χ4v) is 3.77. The van der Waals surface area contributed by atoms with Gasteiger partial charge in [0.15, 0.2) is 11.7 Å². The molecule has 5 heteroatoms. The molecule has 2 aliphatic rings. The van der Waals surface area contributed by atoms with Crippen LogP contribution in [0.3, 0.4) is 0 Å². The van der Waals surface area contributed by atoms with Crippen LogP contribution in [-0.2, 0) is 0 Å². The smallest absolute Gasteiger partial charge is 0.153 e. The minimum Gasteiger partial charge on any atom is -0.352 e. The van der Waals surface area contributed by atoms with Crippen molar-refractivity contribution in [3.05, 3.63) is 47.6 Å². The van der Waals surface area contributed by atoms with E-state index in [4.69, 9.17) is 4.99 Å². The molecule has 0 spiro atoms. The zero-order valence-corrected chi connectivity index (χ0v) is 17.2. The highest BCUT2D eigenvalue weighted by atomic mass is 19.1. The number of aliphatic imine (C=N–C) groups is 1. The van der Waals surface area contributed by atoms with Crippen LogP contribution in [0.5, 0.6) is 0 Å². The number of hydrogen-bond acceptors (Lipinski definition) is 4. The third kappa shape index (κ3) is 4.24. The second kappa shape index (κ2) is 7.85. The van der Waals surface area contributed by atoms with E-state index in [0.29, 0.717) is 11.6 Å². The molecule has 1 aromatic rings. The normalized spacial score (nSPS) is 18.9. The van der Waals surface area contributed by atoms with E-state index in [0.717, 1.165) is 55.4 Å². The van der Waals surface area contributed by atoms with Crippen molar-refractivity contribution < 1.29 is 4.39 Å². The van der Waals surface area contributed by atoms with E-state index in [1.54, 1.807) is 6.07 Å². The average Bonchev–Trinajstić information content (AvgIpc) is 2.58. The summed E-state index contributed by atoms with van der Waals surface area (Å²) in [5.41, 5.74) is 4.14. The standard InChI is InChI=1S/C22H31FN4/c1-15(2)11-17(4)14-27-18(5)22(26-9-7-25(6)8-10-26)24-21-19(23)12-16(3)13-20(21)27/h12-15H,5,7-11H2,1-4,6H3/b17-14-. The fraction of sp³-hybridized carbons (Fsp3) is 0.500. The third-order valence-electron chi connectivity index (χ3n) is 5.10.